The predicted octanol–water partition coefficient (Wildman–Crippen LogP) is 1.59. The van der Waals surface area contributed by atoms with Crippen LogP contribution in [0, 0.1) is 22.7 Å². The van der Waals surface area contributed by atoms with E-state index in [-0.39, 0.29) is 33.9 Å². The molecule has 8 nitrogen and oxygen atoms in total. The second-order valence-electron chi connectivity index (χ2n) is 5.55. The number of allylic oxidation sites excluding steroid dienone is 3. The first-order valence-electron chi connectivity index (χ1n) is 7.91. The standard InChI is InChI=1S/C19H18N4O4S/c1-11(22)14(7-20)16(24)9-27-19(26)13-5-3-4-6-18(13)28-10-17(25)15(8-21)12(2)23/h3-6H,9-10,22-23H2,1-2H3/b14-11+,15-12+. The maximum atomic E-state index is 12.3. The number of thioether (sulfide) groups is 1. The zero-order chi connectivity index (χ0) is 21.3. The van der Waals surface area contributed by atoms with E-state index in [1.54, 1.807) is 30.3 Å². The molecule has 0 amide bonds. The van der Waals surface area contributed by atoms with Crippen molar-refractivity contribution in [1.29, 1.82) is 10.5 Å². The molecular formula is C19H18N4O4S. The zero-order valence-corrected chi connectivity index (χ0v) is 16.1. The van der Waals surface area contributed by atoms with Gasteiger partial charge in [0.1, 0.15) is 23.3 Å². The maximum Gasteiger partial charge on any atom is 0.339 e. The quantitative estimate of drug-likeness (QED) is 0.287. The number of hydrogen-bond donors (Lipinski definition) is 2. The second kappa shape index (κ2) is 10.6. The fourth-order valence-corrected chi connectivity index (χ4v) is 2.91. The Labute approximate surface area is 166 Å². The minimum Gasteiger partial charge on any atom is -0.454 e. The van der Waals surface area contributed by atoms with Crippen LogP contribution >= 0.6 is 11.8 Å². The summed E-state index contributed by atoms with van der Waals surface area (Å²) in [7, 11) is 0. The number of esters is 1. The summed E-state index contributed by atoms with van der Waals surface area (Å²) in [6, 6.07) is 9.76. The van der Waals surface area contributed by atoms with Crippen molar-refractivity contribution in [2.24, 2.45) is 11.5 Å². The number of nitrogens with two attached hydrogens (primary N) is 2. The van der Waals surface area contributed by atoms with E-state index >= 15 is 0 Å². The molecule has 0 atom stereocenters. The van der Waals surface area contributed by atoms with Gasteiger partial charge >= 0.3 is 5.97 Å². The van der Waals surface area contributed by atoms with Crippen molar-refractivity contribution in [3.05, 3.63) is 52.4 Å². The Kier molecular flexibility index (Phi) is 8.47. The zero-order valence-electron chi connectivity index (χ0n) is 15.3. The summed E-state index contributed by atoms with van der Waals surface area (Å²) in [5, 5.41) is 17.9. The highest BCUT2D eigenvalue weighted by atomic mass is 32.2. The largest absolute Gasteiger partial charge is 0.454 e. The molecule has 0 bridgehead atoms. The Hall–Kier alpha value is -3.56. The molecule has 4 N–H and O–H groups in total. The molecule has 1 rings (SSSR count). The Morgan fingerprint density at radius 2 is 1.54 bits per heavy atom. The van der Waals surface area contributed by atoms with Gasteiger partial charge in [-0.15, -0.1) is 11.8 Å². The highest BCUT2D eigenvalue weighted by Crippen LogP contribution is 2.24. The summed E-state index contributed by atoms with van der Waals surface area (Å²) in [5.41, 5.74) is 10.8. The number of Topliss-reactive ketones (excluding diaryl/α,β-unsaturated/α-hetero) is 2. The molecule has 0 radical (unpaired) electrons. The first-order valence-corrected chi connectivity index (χ1v) is 8.89. The van der Waals surface area contributed by atoms with E-state index < -0.39 is 24.1 Å². The van der Waals surface area contributed by atoms with Gasteiger partial charge < -0.3 is 16.2 Å². The molecule has 0 aliphatic rings. The van der Waals surface area contributed by atoms with Gasteiger partial charge in [-0.25, -0.2) is 4.79 Å². The van der Waals surface area contributed by atoms with Gasteiger partial charge in [-0.2, -0.15) is 10.5 Å². The molecule has 0 spiro atoms. The van der Waals surface area contributed by atoms with Crippen molar-refractivity contribution in [2.75, 3.05) is 12.4 Å². The first kappa shape index (κ1) is 22.5. The number of benzene rings is 1. The van der Waals surface area contributed by atoms with E-state index in [1.807, 2.05) is 0 Å². The van der Waals surface area contributed by atoms with Gasteiger partial charge in [-0.3, -0.25) is 9.59 Å². The molecule has 144 valence electrons. The van der Waals surface area contributed by atoms with Crippen LogP contribution in [-0.2, 0) is 14.3 Å². The Morgan fingerprint density at radius 3 is 2.07 bits per heavy atom. The molecule has 1 aromatic rings. The number of carbonyl (C=O) groups excluding carboxylic acids is 3. The number of nitrogens with zero attached hydrogens (tertiary/aromatic N) is 2. The van der Waals surface area contributed by atoms with Gasteiger partial charge in [0.25, 0.3) is 0 Å². The van der Waals surface area contributed by atoms with Gasteiger partial charge in [-0.05, 0) is 26.0 Å². The molecular weight excluding hydrogens is 380 g/mol. The summed E-state index contributed by atoms with van der Waals surface area (Å²) in [6.45, 7) is 2.21. The molecule has 0 unspecified atom stereocenters. The predicted molar refractivity (Wildman–Crippen MR) is 102 cm³/mol. The molecule has 0 aliphatic carbocycles. The van der Waals surface area contributed by atoms with Crippen LogP contribution in [0.5, 0.6) is 0 Å². The SMILES string of the molecule is C/C(N)=C(/C#N)C(=O)COC(=O)c1ccccc1SCC(=O)/C(C#N)=C(\C)N. The fraction of sp³-hybridized carbons (Fsp3) is 0.211. The molecule has 0 heterocycles. The van der Waals surface area contributed by atoms with Crippen molar-refractivity contribution in [3.8, 4) is 12.1 Å². The summed E-state index contributed by atoms with van der Waals surface area (Å²) in [6.07, 6.45) is 0. The van der Waals surface area contributed by atoms with Crippen molar-refractivity contribution in [3.63, 3.8) is 0 Å². The summed E-state index contributed by atoms with van der Waals surface area (Å²) in [5.74, 6) is -2.07. The molecule has 9 heteroatoms. The fourth-order valence-electron chi connectivity index (χ4n) is 2.00. The van der Waals surface area contributed by atoms with Gasteiger partial charge in [0.05, 0.1) is 11.3 Å². The highest BCUT2D eigenvalue weighted by Gasteiger charge is 2.19. The molecule has 28 heavy (non-hydrogen) atoms. The average Bonchev–Trinajstić information content (AvgIpc) is 2.65. The Balaban J connectivity index is 2.88. The minimum absolute atomic E-state index is 0.0366. The lowest BCUT2D eigenvalue weighted by Crippen LogP contribution is -2.18. The average molecular weight is 398 g/mol. The first-order chi connectivity index (χ1) is 13.2. The number of nitriles is 2. The Morgan fingerprint density at radius 1 is 1.00 bits per heavy atom. The van der Waals surface area contributed by atoms with Crippen molar-refractivity contribution >= 4 is 29.3 Å². The lowest BCUT2D eigenvalue weighted by molar-refractivity contribution is -0.118. The van der Waals surface area contributed by atoms with E-state index in [0.29, 0.717) is 4.90 Å². The van der Waals surface area contributed by atoms with E-state index in [0.717, 1.165) is 11.8 Å². The van der Waals surface area contributed by atoms with Gasteiger partial charge in [0.2, 0.25) is 5.78 Å². The van der Waals surface area contributed by atoms with Crippen LogP contribution in [-0.4, -0.2) is 29.9 Å². The van der Waals surface area contributed by atoms with Crippen molar-refractivity contribution in [2.45, 2.75) is 18.7 Å². The third kappa shape index (κ3) is 6.01. The van der Waals surface area contributed by atoms with Crippen LogP contribution in [0.25, 0.3) is 0 Å². The van der Waals surface area contributed by atoms with Crippen LogP contribution in [0.15, 0.2) is 51.7 Å². The monoisotopic (exact) mass is 398 g/mol. The van der Waals surface area contributed by atoms with E-state index in [1.165, 1.54) is 19.9 Å². The van der Waals surface area contributed by atoms with Crippen LogP contribution in [0.2, 0.25) is 0 Å². The molecule has 0 aliphatic heterocycles. The van der Waals surface area contributed by atoms with Crippen LogP contribution in [0.4, 0.5) is 0 Å². The summed E-state index contributed by atoms with van der Waals surface area (Å²) < 4.78 is 4.97. The number of ether oxygens (including phenoxy) is 1. The van der Waals surface area contributed by atoms with Crippen molar-refractivity contribution in [1.82, 2.24) is 0 Å². The topological polar surface area (TPSA) is 160 Å². The van der Waals surface area contributed by atoms with E-state index in [4.69, 9.17) is 26.7 Å². The summed E-state index contributed by atoms with van der Waals surface area (Å²) in [4.78, 5) is 36.7. The van der Waals surface area contributed by atoms with Crippen LogP contribution in [0.3, 0.4) is 0 Å². The number of hydrogen-bond acceptors (Lipinski definition) is 9. The van der Waals surface area contributed by atoms with Gasteiger partial charge in [0.15, 0.2) is 12.4 Å². The number of ketones is 2. The Bertz CT molecular complexity index is 943. The smallest absolute Gasteiger partial charge is 0.339 e. The lowest BCUT2D eigenvalue weighted by atomic mass is 10.1. The van der Waals surface area contributed by atoms with Crippen LogP contribution in [0.1, 0.15) is 24.2 Å². The molecule has 1 aromatic carbocycles. The molecule has 0 aromatic heterocycles. The molecule has 0 fully saturated rings. The van der Waals surface area contributed by atoms with Gasteiger partial charge in [-0.1, -0.05) is 12.1 Å². The normalized spacial score (nSPS) is 12.0. The lowest BCUT2D eigenvalue weighted by Gasteiger charge is -2.09. The third-order valence-corrected chi connectivity index (χ3v) is 4.44. The third-order valence-electron chi connectivity index (χ3n) is 3.37. The van der Waals surface area contributed by atoms with Gasteiger partial charge in [0, 0.05) is 16.3 Å². The maximum absolute atomic E-state index is 12.3. The van der Waals surface area contributed by atoms with E-state index in [2.05, 4.69) is 0 Å². The second-order valence-corrected chi connectivity index (χ2v) is 6.56. The molecule has 0 saturated carbocycles. The number of carbonyl (C=O) groups is 3. The minimum atomic E-state index is -0.790. The van der Waals surface area contributed by atoms with Crippen LogP contribution < -0.4 is 11.5 Å². The summed E-state index contributed by atoms with van der Waals surface area (Å²) >= 11 is 1.04. The molecule has 0 saturated heterocycles. The highest BCUT2D eigenvalue weighted by molar-refractivity contribution is 8.00. The van der Waals surface area contributed by atoms with E-state index in [9.17, 15) is 14.4 Å². The number of rotatable bonds is 8. The van der Waals surface area contributed by atoms with Crippen molar-refractivity contribution < 1.29 is 19.1 Å².